The Morgan fingerprint density at radius 2 is 1.59 bits per heavy atom. The van der Waals surface area contributed by atoms with Gasteiger partial charge in [0.15, 0.2) is 0 Å². The first kappa shape index (κ1) is 23.6. The molecule has 0 aliphatic carbocycles. The van der Waals surface area contributed by atoms with Crippen LogP contribution in [0, 0.1) is 0 Å². The topological polar surface area (TPSA) is 135 Å². The number of benzene rings is 1. The molecular weight excluding hydrogens is 466 g/mol. The summed E-state index contributed by atoms with van der Waals surface area (Å²) in [5, 5.41) is -0.374. The second-order valence-corrected chi connectivity index (χ2v) is 9.55. The highest BCUT2D eigenvalue weighted by Crippen LogP contribution is 2.23. The molecule has 1 aromatic carbocycles. The first-order valence-corrected chi connectivity index (χ1v) is 12.2. The van der Waals surface area contributed by atoms with E-state index in [4.69, 9.17) is 9.15 Å². The Balaban J connectivity index is 1.31. The van der Waals surface area contributed by atoms with Crippen LogP contribution >= 0.6 is 0 Å². The summed E-state index contributed by atoms with van der Waals surface area (Å²) in [5.41, 5.74) is 0.644. The number of esters is 1. The standard InChI is InChI=1S/C22H23N3O8S/c1-2-32-22(29)17-7-8-19(33-17)34(30,31)24-13-11-23(12-14-24)18(26)9-10-25-20(27)15-5-3-4-6-16(15)21(25)28/h3-8H,2,9-14H2,1H3. The number of rotatable bonds is 7. The molecule has 4 rings (SSSR count). The Morgan fingerprint density at radius 3 is 2.18 bits per heavy atom. The lowest BCUT2D eigenvalue weighted by Crippen LogP contribution is -2.51. The van der Waals surface area contributed by atoms with Gasteiger partial charge < -0.3 is 14.1 Å². The van der Waals surface area contributed by atoms with E-state index in [0.29, 0.717) is 11.1 Å². The SMILES string of the molecule is CCOC(=O)c1ccc(S(=O)(=O)N2CCN(C(=O)CCN3C(=O)c4ccccc4C3=O)CC2)o1. The first-order valence-electron chi connectivity index (χ1n) is 10.7. The number of imide groups is 1. The molecule has 1 saturated heterocycles. The molecule has 2 aliphatic rings. The fourth-order valence-electron chi connectivity index (χ4n) is 3.88. The first-order chi connectivity index (χ1) is 16.2. The minimum absolute atomic E-state index is 0.0382. The molecular formula is C22H23N3O8S. The van der Waals surface area contributed by atoms with Crippen molar-refractivity contribution in [3.63, 3.8) is 0 Å². The maximum atomic E-state index is 12.8. The molecule has 3 amide bonds. The molecule has 1 aromatic heterocycles. The number of hydrogen-bond acceptors (Lipinski definition) is 8. The van der Waals surface area contributed by atoms with Crippen LogP contribution in [0.2, 0.25) is 0 Å². The fraction of sp³-hybridized carbons (Fsp3) is 0.364. The molecule has 0 saturated carbocycles. The van der Waals surface area contributed by atoms with Gasteiger partial charge in [-0.3, -0.25) is 19.3 Å². The highest BCUT2D eigenvalue weighted by atomic mass is 32.2. The van der Waals surface area contributed by atoms with Crippen LogP contribution in [0.15, 0.2) is 45.9 Å². The number of amides is 3. The molecule has 0 unspecified atom stereocenters. The van der Waals surface area contributed by atoms with E-state index in [-0.39, 0.29) is 62.5 Å². The van der Waals surface area contributed by atoms with Crippen molar-refractivity contribution in [3.05, 3.63) is 53.3 Å². The number of sulfonamides is 1. The number of nitrogens with zero attached hydrogens (tertiary/aromatic N) is 3. The van der Waals surface area contributed by atoms with Crippen LogP contribution in [0.1, 0.15) is 44.6 Å². The van der Waals surface area contributed by atoms with E-state index < -0.39 is 27.8 Å². The van der Waals surface area contributed by atoms with E-state index >= 15 is 0 Å². The molecule has 0 radical (unpaired) electrons. The van der Waals surface area contributed by atoms with Gasteiger partial charge in [0.25, 0.3) is 21.8 Å². The number of hydrogen-bond donors (Lipinski definition) is 0. The van der Waals surface area contributed by atoms with Crippen LogP contribution in [0.3, 0.4) is 0 Å². The molecule has 34 heavy (non-hydrogen) atoms. The quantitative estimate of drug-likeness (QED) is 0.415. The molecule has 180 valence electrons. The summed E-state index contributed by atoms with van der Waals surface area (Å²) in [6.45, 7) is 2.07. The summed E-state index contributed by atoms with van der Waals surface area (Å²) < 4.78 is 36.8. The number of furan rings is 1. The van der Waals surface area contributed by atoms with Crippen LogP contribution in [0.25, 0.3) is 0 Å². The lowest BCUT2D eigenvalue weighted by atomic mass is 10.1. The predicted molar refractivity (Wildman–Crippen MR) is 116 cm³/mol. The van der Waals surface area contributed by atoms with Gasteiger partial charge in [0.2, 0.25) is 16.8 Å². The zero-order valence-corrected chi connectivity index (χ0v) is 19.2. The lowest BCUT2D eigenvalue weighted by Gasteiger charge is -2.33. The van der Waals surface area contributed by atoms with E-state index in [1.807, 2.05) is 0 Å². The number of carbonyl (C=O) groups is 4. The summed E-state index contributed by atoms with van der Waals surface area (Å²) >= 11 is 0. The third-order valence-electron chi connectivity index (χ3n) is 5.67. The average Bonchev–Trinajstić information content (AvgIpc) is 3.43. The van der Waals surface area contributed by atoms with Crippen molar-refractivity contribution in [2.45, 2.75) is 18.4 Å². The highest BCUT2D eigenvalue weighted by Gasteiger charge is 2.36. The normalized spacial score (nSPS) is 16.6. The smallest absolute Gasteiger partial charge is 0.374 e. The third kappa shape index (κ3) is 4.33. The molecule has 12 heteroatoms. The molecule has 2 aliphatic heterocycles. The van der Waals surface area contributed by atoms with Gasteiger partial charge in [0.05, 0.1) is 17.7 Å². The zero-order valence-electron chi connectivity index (χ0n) is 18.4. The molecule has 0 bridgehead atoms. The Hall–Kier alpha value is -3.51. The summed E-state index contributed by atoms with van der Waals surface area (Å²) in [6.07, 6.45) is -0.0562. The Kier molecular flexibility index (Phi) is 6.53. The number of carbonyl (C=O) groups excluding carboxylic acids is 4. The molecule has 3 heterocycles. The van der Waals surface area contributed by atoms with Crippen molar-refractivity contribution in [1.29, 1.82) is 0 Å². The van der Waals surface area contributed by atoms with Crippen LogP contribution in [0.5, 0.6) is 0 Å². The predicted octanol–water partition coefficient (Wildman–Crippen LogP) is 0.975. The molecule has 11 nitrogen and oxygen atoms in total. The van der Waals surface area contributed by atoms with Gasteiger partial charge in [0.1, 0.15) is 0 Å². The molecule has 0 atom stereocenters. The van der Waals surface area contributed by atoms with Crippen LogP contribution in [-0.4, -0.2) is 85.5 Å². The van der Waals surface area contributed by atoms with Gasteiger partial charge in [-0.05, 0) is 31.2 Å². The van der Waals surface area contributed by atoms with E-state index in [1.165, 1.54) is 21.3 Å². The monoisotopic (exact) mass is 489 g/mol. The van der Waals surface area contributed by atoms with Crippen molar-refractivity contribution in [1.82, 2.24) is 14.1 Å². The van der Waals surface area contributed by atoms with Crippen LogP contribution < -0.4 is 0 Å². The van der Waals surface area contributed by atoms with E-state index in [2.05, 4.69) is 0 Å². The van der Waals surface area contributed by atoms with Crippen molar-refractivity contribution in [2.75, 3.05) is 39.3 Å². The molecule has 0 N–H and O–H groups in total. The third-order valence-corrected chi connectivity index (χ3v) is 7.44. The van der Waals surface area contributed by atoms with Gasteiger partial charge in [-0.2, -0.15) is 4.31 Å². The van der Waals surface area contributed by atoms with Gasteiger partial charge in [0, 0.05) is 39.1 Å². The molecule has 0 spiro atoms. The average molecular weight is 490 g/mol. The maximum absolute atomic E-state index is 12.8. The van der Waals surface area contributed by atoms with Gasteiger partial charge >= 0.3 is 5.97 Å². The minimum Gasteiger partial charge on any atom is -0.460 e. The number of fused-ring (bicyclic) bond motifs is 1. The van der Waals surface area contributed by atoms with Gasteiger partial charge in [-0.15, -0.1) is 0 Å². The second kappa shape index (κ2) is 9.39. The van der Waals surface area contributed by atoms with Crippen molar-refractivity contribution in [2.24, 2.45) is 0 Å². The summed E-state index contributed by atoms with van der Waals surface area (Å²) in [7, 11) is -3.99. The van der Waals surface area contributed by atoms with Crippen molar-refractivity contribution < 1.29 is 36.7 Å². The van der Waals surface area contributed by atoms with E-state index in [1.54, 1.807) is 31.2 Å². The molecule has 2 aromatic rings. The molecule has 1 fully saturated rings. The zero-order chi connectivity index (χ0) is 24.5. The summed E-state index contributed by atoms with van der Waals surface area (Å²) in [4.78, 5) is 51.8. The number of piperazine rings is 1. The lowest BCUT2D eigenvalue weighted by molar-refractivity contribution is -0.132. The minimum atomic E-state index is -3.99. The van der Waals surface area contributed by atoms with Crippen molar-refractivity contribution in [3.8, 4) is 0 Å². The number of ether oxygens (including phenoxy) is 1. The fourth-order valence-corrected chi connectivity index (χ4v) is 5.22. The summed E-state index contributed by atoms with van der Waals surface area (Å²) in [5.74, 6) is -2.09. The van der Waals surface area contributed by atoms with Crippen molar-refractivity contribution >= 4 is 33.7 Å². The van der Waals surface area contributed by atoms with Crippen LogP contribution in [0.4, 0.5) is 0 Å². The largest absolute Gasteiger partial charge is 0.460 e. The Bertz CT molecular complexity index is 1210. The Labute approximate surface area is 195 Å². The Morgan fingerprint density at radius 1 is 0.971 bits per heavy atom. The van der Waals surface area contributed by atoms with Crippen LogP contribution in [-0.2, 0) is 19.6 Å². The van der Waals surface area contributed by atoms with Gasteiger partial charge in [-0.1, -0.05) is 12.1 Å². The second-order valence-electron chi connectivity index (χ2n) is 7.68. The van der Waals surface area contributed by atoms with E-state index in [9.17, 15) is 27.6 Å². The highest BCUT2D eigenvalue weighted by molar-refractivity contribution is 7.89. The van der Waals surface area contributed by atoms with E-state index in [0.717, 1.165) is 4.90 Å². The summed E-state index contributed by atoms with van der Waals surface area (Å²) in [6, 6.07) is 8.93. The van der Waals surface area contributed by atoms with Gasteiger partial charge in [-0.25, -0.2) is 13.2 Å². The maximum Gasteiger partial charge on any atom is 0.374 e.